The van der Waals surface area contributed by atoms with Gasteiger partial charge in [-0.3, -0.25) is 9.59 Å². The molecule has 1 saturated heterocycles. The molecule has 0 saturated carbocycles. The summed E-state index contributed by atoms with van der Waals surface area (Å²) in [6.45, 7) is 4.12. The Kier molecular flexibility index (Phi) is 6.14. The van der Waals surface area contributed by atoms with E-state index in [1.165, 1.54) is 5.56 Å². The van der Waals surface area contributed by atoms with Crippen LogP contribution in [0.15, 0.2) is 30.3 Å². The van der Waals surface area contributed by atoms with Crippen molar-refractivity contribution < 1.29 is 14.3 Å². The van der Waals surface area contributed by atoms with Crippen LogP contribution in [0.25, 0.3) is 0 Å². The number of benzene rings is 1. The fourth-order valence-electron chi connectivity index (χ4n) is 4.60. The summed E-state index contributed by atoms with van der Waals surface area (Å²) in [6, 6.07) is 10.3. The zero-order chi connectivity index (χ0) is 20.2. The lowest BCUT2D eigenvalue weighted by Gasteiger charge is -2.22. The quantitative estimate of drug-likeness (QED) is 0.814. The number of nitrogens with one attached hydrogen (secondary N) is 1. The molecule has 29 heavy (non-hydrogen) atoms. The predicted molar refractivity (Wildman–Crippen MR) is 112 cm³/mol. The third-order valence-corrected chi connectivity index (χ3v) is 6.18. The fourth-order valence-corrected chi connectivity index (χ4v) is 4.60. The van der Waals surface area contributed by atoms with Gasteiger partial charge in [-0.25, -0.2) is 0 Å². The highest BCUT2D eigenvalue weighted by molar-refractivity contribution is 6.01. The minimum absolute atomic E-state index is 0.0275. The van der Waals surface area contributed by atoms with Gasteiger partial charge in [0.15, 0.2) is 5.78 Å². The van der Waals surface area contributed by atoms with Gasteiger partial charge >= 0.3 is 0 Å². The first-order valence-electron chi connectivity index (χ1n) is 10.8. The lowest BCUT2D eigenvalue weighted by atomic mass is 9.92. The van der Waals surface area contributed by atoms with Crippen molar-refractivity contribution in [2.24, 2.45) is 0 Å². The number of Topliss-reactive ketones (excluding diaryl/α,β-unsaturated/α-hetero) is 1. The lowest BCUT2D eigenvalue weighted by molar-refractivity contribution is -0.121. The van der Waals surface area contributed by atoms with Gasteiger partial charge in [-0.2, -0.15) is 0 Å². The van der Waals surface area contributed by atoms with E-state index in [2.05, 4.69) is 22.0 Å². The molecule has 5 heteroatoms. The Labute approximate surface area is 172 Å². The van der Waals surface area contributed by atoms with E-state index in [-0.39, 0.29) is 24.2 Å². The molecule has 1 aliphatic heterocycles. The van der Waals surface area contributed by atoms with E-state index >= 15 is 0 Å². The number of nitrogens with zero attached hydrogens (tertiary/aromatic N) is 1. The Bertz CT molecular complexity index is 879. The Hall–Kier alpha value is -2.40. The summed E-state index contributed by atoms with van der Waals surface area (Å²) < 4.78 is 7.95. The standard InChI is InChI=1S/C24H30N2O3/c1-17-20(14-23(28)25-15-19-10-5-6-13-29-19)24-21(11-7-12-22(24)27)26(17)16-18-8-3-2-4-9-18/h2-4,8-9,19H,5-7,10-16H2,1H3,(H,25,28)/t19-/m1/s1. The molecule has 0 radical (unpaired) electrons. The Morgan fingerprint density at radius 3 is 2.76 bits per heavy atom. The molecule has 2 heterocycles. The second-order valence-corrected chi connectivity index (χ2v) is 8.20. The SMILES string of the molecule is Cc1c(CC(=O)NC[C@H]2CCCCO2)c2c(n1Cc1ccccc1)CCCC2=O. The van der Waals surface area contributed by atoms with Crippen molar-refractivity contribution in [2.45, 2.75) is 64.5 Å². The summed E-state index contributed by atoms with van der Waals surface area (Å²) in [5, 5.41) is 3.02. The van der Waals surface area contributed by atoms with E-state index < -0.39 is 0 Å². The van der Waals surface area contributed by atoms with Gasteiger partial charge in [0, 0.05) is 43.1 Å². The van der Waals surface area contributed by atoms with E-state index in [0.29, 0.717) is 13.0 Å². The zero-order valence-corrected chi connectivity index (χ0v) is 17.2. The molecule has 1 atom stereocenters. The molecule has 1 aliphatic carbocycles. The molecule has 2 aromatic rings. The highest BCUT2D eigenvalue weighted by Gasteiger charge is 2.29. The van der Waals surface area contributed by atoms with E-state index in [0.717, 1.165) is 67.8 Å². The summed E-state index contributed by atoms with van der Waals surface area (Å²) >= 11 is 0. The second kappa shape index (κ2) is 8.95. The number of rotatable bonds is 6. The normalized spacial score (nSPS) is 19.1. The van der Waals surface area contributed by atoms with Gasteiger partial charge in [0.1, 0.15) is 0 Å². The van der Waals surface area contributed by atoms with Gasteiger partial charge < -0.3 is 14.6 Å². The van der Waals surface area contributed by atoms with E-state index in [9.17, 15) is 9.59 Å². The highest BCUT2D eigenvalue weighted by Crippen LogP contribution is 2.31. The van der Waals surface area contributed by atoms with Gasteiger partial charge in [0.2, 0.25) is 5.91 Å². The van der Waals surface area contributed by atoms with Crippen molar-refractivity contribution in [1.82, 2.24) is 9.88 Å². The first-order valence-corrected chi connectivity index (χ1v) is 10.8. The molecular weight excluding hydrogens is 364 g/mol. The van der Waals surface area contributed by atoms with Crippen molar-refractivity contribution in [3.8, 4) is 0 Å². The second-order valence-electron chi connectivity index (χ2n) is 8.20. The first kappa shape index (κ1) is 19.9. The average Bonchev–Trinajstić information content (AvgIpc) is 3.01. The third kappa shape index (κ3) is 4.45. The smallest absolute Gasteiger partial charge is 0.224 e. The minimum Gasteiger partial charge on any atom is -0.376 e. The first-order chi connectivity index (χ1) is 14.1. The van der Waals surface area contributed by atoms with Crippen LogP contribution in [0.2, 0.25) is 0 Å². The predicted octanol–water partition coefficient (Wildman–Crippen LogP) is 3.59. The molecule has 154 valence electrons. The minimum atomic E-state index is -0.0275. The van der Waals surface area contributed by atoms with Crippen LogP contribution in [0, 0.1) is 6.92 Å². The number of carbonyl (C=O) groups excluding carboxylic acids is 2. The number of ketones is 1. The van der Waals surface area contributed by atoms with Crippen molar-refractivity contribution in [3.63, 3.8) is 0 Å². The van der Waals surface area contributed by atoms with Gasteiger partial charge in [-0.15, -0.1) is 0 Å². The molecule has 0 unspecified atom stereocenters. The van der Waals surface area contributed by atoms with Crippen LogP contribution in [0.1, 0.15) is 65.0 Å². The van der Waals surface area contributed by atoms with Gasteiger partial charge in [0.25, 0.3) is 0 Å². The maximum absolute atomic E-state index is 12.7. The summed E-state index contributed by atoms with van der Waals surface area (Å²) in [6.07, 6.45) is 5.99. The summed E-state index contributed by atoms with van der Waals surface area (Å²) in [7, 11) is 0. The third-order valence-electron chi connectivity index (χ3n) is 6.18. The Balaban J connectivity index is 1.54. The van der Waals surface area contributed by atoms with E-state index in [4.69, 9.17) is 4.74 Å². The number of ether oxygens (including phenoxy) is 1. The van der Waals surface area contributed by atoms with Crippen molar-refractivity contribution in [2.75, 3.05) is 13.2 Å². The van der Waals surface area contributed by atoms with Crippen LogP contribution in [0.4, 0.5) is 0 Å². The molecule has 2 aliphatic rings. The number of hydrogen-bond acceptors (Lipinski definition) is 3. The number of carbonyl (C=O) groups is 2. The number of aromatic nitrogens is 1. The maximum Gasteiger partial charge on any atom is 0.224 e. The molecule has 1 amide bonds. The monoisotopic (exact) mass is 394 g/mol. The lowest BCUT2D eigenvalue weighted by Crippen LogP contribution is -2.36. The van der Waals surface area contributed by atoms with Crippen LogP contribution in [-0.2, 0) is 28.9 Å². The van der Waals surface area contributed by atoms with Crippen LogP contribution < -0.4 is 5.32 Å². The zero-order valence-electron chi connectivity index (χ0n) is 17.2. The van der Waals surface area contributed by atoms with Crippen LogP contribution in [0.3, 0.4) is 0 Å². The molecule has 4 rings (SSSR count). The van der Waals surface area contributed by atoms with E-state index in [1.54, 1.807) is 0 Å². The fraction of sp³-hybridized carbons (Fsp3) is 0.500. The van der Waals surface area contributed by atoms with E-state index in [1.807, 2.05) is 25.1 Å². The number of hydrogen-bond donors (Lipinski definition) is 1. The van der Waals surface area contributed by atoms with Crippen molar-refractivity contribution in [3.05, 3.63) is 58.4 Å². The molecule has 1 aromatic carbocycles. The van der Waals surface area contributed by atoms with Crippen molar-refractivity contribution in [1.29, 1.82) is 0 Å². The van der Waals surface area contributed by atoms with Crippen molar-refractivity contribution >= 4 is 11.7 Å². The molecule has 0 bridgehead atoms. The number of amides is 1. The molecule has 1 N–H and O–H groups in total. The summed E-state index contributed by atoms with van der Waals surface area (Å²) in [5.74, 6) is 0.153. The summed E-state index contributed by atoms with van der Waals surface area (Å²) in [5.41, 5.74) is 5.05. The van der Waals surface area contributed by atoms with Crippen LogP contribution >= 0.6 is 0 Å². The highest BCUT2D eigenvalue weighted by atomic mass is 16.5. The molecule has 1 fully saturated rings. The van der Waals surface area contributed by atoms with Gasteiger partial charge in [0.05, 0.1) is 12.5 Å². The maximum atomic E-state index is 12.7. The molecule has 5 nitrogen and oxygen atoms in total. The van der Waals surface area contributed by atoms with Gasteiger partial charge in [-0.05, 0) is 50.2 Å². The molecule has 0 spiro atoms. The van der Waals surface area contributed by atoms with Crippen LogP contribution in [0.5, 0.6) is 0 Å². The van der Waals surface area contributed by atoms with Gasteiger partial charge in [-0.1, -0.05) is 30.3 Å². The molecular formula is C24H30N2O3. The topological polar surface area (TPSA) is 60.3 Å². The Morgan fingerprint density at radius 1 is 1.17 bits per heavy atom. The largest absolute Gasteiger partial charge is 0.376 e. The number of fused-ring (bicyclic) bond motifs is 1. The Morgan fingerprint density at radius 2 is 2.00 bits per heavy atom. The average molecular weight is 395 g/mol. The van der Waals surface area contributed by atoms with Crippen LogP contribution in [-0.4, -0.2) is 35.5 Å². The molecule has 1 aromatic heterocycles. The summed E-state index contributed by atoms with van der Waals surface area (Å²) in [4.78, 5) is 25.4.